The number of halogens is 2. The fourth-order valence-electron chi connectivity index (χ4n) is 3.78. The van der Waals surface area contributed by atoms with Crippen molar-refractivity contribution in [3.05, 3.63) is 23.8 Å². The topological polar surface area (TPSA) is 99.5 Å². The van der Waals surface area contributed by atoms with Crippen LogP contribution in [0, 0.1) is 16.7 Å². The summed E-state index contributed by atoms with van der Waals surface area (Å²) in [5, 5.41) is 11.5. The van der Waals surface area contributed by atoms with Crippen LogP contribution in [0.4, 0.5) is 19.3 Å². The second-order valence-corrected chi connectivity index (χ2v) is 9.18. The fraction of sp³-hybridized carbons (Fsp3) is 0.529. The maximum Gasteiger partial charge on any atom is 0.387 e. The zero-order chi connectivity index (χ0) is 19.7. The number of hydrogen-bond donors (Lipinski definition) is 1. The van der Waals surface area contributed by atoms with Gasteiger partial charge >= 0.3 is 12.6 Å². The van der Waals surface area contributed by atoms with Gasteiger partial charge in [-0.15, -0.1) is 0 Å². The van der Waals surface area contributed by atoms with Gasteiger partial charge in [-0.1, -0.05) is 0 Å². The Morgan fingerprint density at radius 3 is 2.78 bits per heavy atom. The summed E-state index contributed by atoms with van der Waals surface area (Å²) in [5.74, 6) is -0.0560. The highest BCUT2D eigenvalue weighted by atomic mass is 32.2. The van der Waals surface area contributed by atoms with E-state index in [2.05, 4.69) is 10.1 Å². The standard InChI is InChI=1S/C17H19F2N3O4S/c18-15(19)26-14-3-2-12(9-20)8-13(14)21-16(23)22-6-1-4-17(10-22)5-7-27(24,25)11-17/h2-3,8,15H,1,4-7,10-11H2,(H,21,23). The number of anilines is 1. The van der Waals surface area contributed by atoms with Crippen LogP contribution in [0.1, 0.15) is 24.8 Å². The summed E-state index contributed by atoms with van der Waals surface area (Å²) in [6.45, 7) is -2.34. The Kier molecular flexibility index (Phi) is 5.24. The number of nitriles is 1. The lowest BCUT2D eigenvalue weighted by atomic mass is 9.80. The zero-order valence-electron chi connectivity index (χ0n) is 14.5. The normalized spacial score (nSPS) is 24.0. The van der Waals surface area contributed by atoms with Gasteiger partial charge in [0.05, 0.1) is 28.8 Å². The van der Waals surface area contributed by atoms with E-state index < -0.39 is 27.9 Å². The van der Waals surface area contributed by atoms with Crippen LogP contribution in [0.3, 0.4) is 0 Å². The highest BCUT2D eigenvalue weighted by molar-refractivity contribution is 7.91. The second kappa shape index (κ2) is 7.31. The van der Waals surface area contributed by atoms with Crippen molar-refractivity contribution in [2.24, 2.45) is 5.41 Å². The predicted octanol–water partition coefficient (Wildman–Crippen LogP) is 2.59. The van der Waals surface area contributed by atoms with Crippen LogP contribution in [0.15, 0.2) is 18.2 Å². The van der Waals surface area contributed by atoms with E-state index in [0.29, 0.717) is 25.9 Å². The third-order valence-corrected chi connectivity index (χ3v) is 6.86. The first-order valence-corrected chi connectivity index (χ1v) is 10.3. The molecule has 1 atom stereocenters. The molecule has 2 saturated heterocycles. The minimum absolute atomic E-state index is 0.0296. The fourth-order valence-corrected chi connectivity index (χ4v) is 5.98. The van der Waals surface area contributed by atoms with Crippen molar-refractivity contribution in [2.75, 3.05) is 29.9 Å². The SMILES string of the molecule is N#Cc1ccc(OC(F)F)c(NC(=O)N2CCCC3(CCS(=O)(=O)C3)C2)c1. The van der Waals surface area contributed by atoms with E-state index in [4.69, 9.17) is 5.26 Å². The minimum atomic E-state index is -3.09. The Morgan fingerprint density at radius 1 is 1.37 bits per heavy atom. The van der Waals surface area contributed by atoms with Gasteiger partial charge in [0.2, 0.25) is 0 Å². The van der Waals surface area contributed by atoms with Crippen molar-refractivity contribution < 1.29 is 26.7 Å². The molecule has 0 aliphatic carbocycles. The van der Waals surface area contributed by atoms with Gasteiger partial charge in [-0.2, -0.15) is 14.0 Å². The third kappa shape index (κ3) is 4.47. The average Bonchev–Trinajstić information content (AvgIpc) is 2.90. The molecule has 0 bridgehead atoms. The highest BCUT2D eigenvalue weighted by Gasteiger charge is 2.45. The molecule has 10 heteroatoms. The molecule has 1 N–H and O–H groups in total. The molecule has 1 aromatic carbocycles. The van der Waals surface area contributed by atoms with Gasteiger partial charge in [0.15, 0.2) is 9.84 Å². The molecule has 0 aromatic heterocycles. The van der Waals surface area contributed by atoms with Crippen LogP contribution in [0.2, 0.25) is 0 Å². The lowest BCUT2D eigenvalue weighted by Crippen LogP contribution is -2.48. The monoisotopic (exact) mass is 399 g/mol. The third-order valence-electron chi connectivity index (χ3n) is 4.98. The Hall–Kier alpha value is -2.41. The molecular weight excluding hydrogens is 380 g/mol. The van der Waals surface area contributed by atoms with Gasteiger partial charge in [0.25, 0.3) is 0 Å². The molecule has 2 heterocycles. The number of alkyl halides is 2. The van der Waals surface area contributed by atoms with Crippen LogP contribution < -0.4 is 10.1 Å². The first-order chi connectivity index (χ1) is 12.7. The molecule has 1 spiro atoms. The molecule has 2 aliphatic heterocycles. The first-order valence-electron chi connectivity index (χ1n) is 8.47. The van der Waals surface area contributed by atoms with Gasteiger partial charge in [0, 0.05) is 18.5 Å². The molecule has 0 saturated carbocycles. The van der Waals surface area contributed by atoms with Crippen molar-refractivity contribution in [2.45, 2.75) is 25.9 Å². The number of benzene rings is 1. The largest absolute Gasteiger partial charge is 0.433 e. The Balaban J connectivity index is 1.76. The van der Waals surface area contributed by atoms with E-state index >= 15 is 0 Å². The van der Waals surface area contributed by atoms with E-state index in [1.54, 1.807) is 0 Å². The molecule has 0 radical (unpaired) electrons. The number of piperidine rings is 1. The zero-order valence-corrected chi connectivity index (χ0v) is 15.3. The maximum atomic E-state index is 12.6. The molecular formula is C17H19F2N3O4S. The number of sulfone groups is 1. The Bertz CT molecular complexity index is 885. The second-order valence-electron chi connectivity index (χ2n) is 7.00. The molecule has 1 aromatic rings. The molecule has 2 aliphatic rings. The van der Waals surface area contributed by atoms with E-state index in [1.165, 1.54) is 23.1 Å². The van der Waals surface area contributed by atoms with Crippen LogP contribution in [-0.4, -0.2) is 50.6 Å². The van der Waals surface area contributed by atoms with Gasteiger partial charge < -0.3 is 15.0 Å². The number of carbonyl (C=O) groups excluding carboxylic acids is 1. The number of ether oxygens (including phenoxy) is 1. The Labute approximate surface area is 155 Å². The van der Waals surface area contributed by atoms with Gasteiger partial charge in [-0.3, -0.25) is 0 Å². The van der Waals surface area contributed by atoms with Crippen LogP contribution in [0.25, 0.3) is 0 Å². The van der Waals surface area contributed by atoms with Gasteiger partial charge in [-0.05, 0) is 37.5 Å². The molecule has 2 fully saturated rings. The lowest BCUT2D eigenvalue weighted by molar-refractivity contribution is -0.0493. The number of likely N-dealkylation sites (tertiary alicyclic amines) is 1. The Morgan fingerprint density at radius 2 is 2.15 bits per heavy atom. The first kappa shape index (κ1) is 19.4. The number of urea groups is 1. The van der Waals surface area contributed by atoms with Crippen molar-refractivity contribution in [3.63, 3.8) is 0 Å². The molecule has 146 valence electrons. The number of carbonyl (C=O) groups is 1. The summed E-state index contributed by atoms with van der Waals surface area (Å²) in [5.41, 5.74) is -0.285. The van der Waals surface area contributed by atoms with Crippen LogP contribution in [-0.2, 0) is 9.84 Å². The number of nitrogens with one attached hydrogen (secondary N) is 1. The predicted molar refractivity (Wildman–Crippen MR) is 93.3 cm³/mol. The highest BCUT2D eigenvalue weighted by Crippen LogP contribution is 2.40. The van der Waals surface area contributed by atoms with Crippen molar-refractivity contribution >= 4 is 21.6 Å². The summed E-state index contributed by atoms with van der Waals surface area (Å²) in [6, 6.07) is 5.11. The quantitative estimate of drug-likeness (QED) is 0.842. The summed E-state index contributed by atoms with van der Waals surface area (Å²) in [4.78, 5) is 14.1. The minimum Gasteiger partial charge on any atom is -0.433 e. The molecule has 1 unspecified atom stereocenters. The van der Waals surface area contributed by atoms with E-state index in [1.807, 2.05) is 6.07 Å². The number of rotatable bonds is 3. The van der Waals surface area contributed by atoms with Crippen molar-refractivity contribution in [1.29, 1.82) is 5.26 Å². The summed E-state index contributed by atoms with van der Waals surface area (Å²) in [6.07, 6.45) is 1.92. The average molecular weight is 399 g/mol. The van der Waals surface area contributed by atoms with Crippen LogP contribution in [0.5, 0.6) is 5.75 Å². The van der Waals surface area contributed by atoms with E-state index in [0.717, 1.165) is 6.42 Å². The number of nitrogens with zero attached hydrogens (tertiary/aromatic N) is 2. The van der Waals surface area contributed by atoms with Crippen LogP contribution >= 0.6 is 0 Å². The number of amides is 2. The lowest BCUT2D eigenvalue weighted by Gasteiger charge is -2.39. The van der Waals surface area contributed by atoms with Gasteiger partial charge in [-0.25, -0.2) is 13.2 Å². The molecule has 2 amide bonds. The smallest absolute Gasteiger partial charge is 0.387 e. The summed E-state index contributed by atoms with van der Waals surface area (Å²) in [7, 11) is -3.09. The van der Waals surface area contributed by atoms with E-state index in [-0.39, 0.29) is 28.5 Å². The summed E-state index contributed by atoms with van der Waals surface area (Å²) < 4.78 is 53.3. The number of hydrogen-bond acceptors (Lipinski definition) is 5. The molecule has 7 nitrogen and oxygen atoms in total. The van der Waals surface area contributed by atoms with E-state index in [9.17, 15) is 22.0 Å². The summed E-state index contributed by atoms with van der Waals surface area (Å²) >= 11 is 0. The van der Waals surface area contributed by atoms with Crippen molar-refractivity contribution in [3.8, 4) is 11.8 Å². The maximum absolute atomic E-state index is 12.6. The van der Waals surface area contributed by atoms with Gasteiger partial charge in [0.1, 0.15) is 5.75 Å². The molecule has 27 heavy (non-hydrogen) atoms. The molecule has 3 rings (SSSR count). The van der Waals surface area contributed by atoms with Crippen molar-refractivity contribution in [1.82, 2.24) is 4.90 Å².